The minimum atomic E-state index is -0.435. The van der Waals surface area contributed by atoms with E-state index in [2.05, 4.69) is 31.1 Å². The smallest absolute Gasteiger partial charge is 0.252 e. The number of nitrogens with zero attached hydrogens (tertiary/aromatic N) is 2. The number of hydrogen-bond donors (Lipinski definition) is 1. The van der Waals surface area contributed by atoms with Crippen LogP contribution in [0, 0.1) is 12.8 Å². The number of carbonyl (C=O) groups excluding carboxylic acids is 1. The maximum absolute atomic E-state index is 11.4. The summed E-state index contributed by atoms with van der Waals surface area (Å²) in [6.07, 6.45) is 2.77. The van der Waals surface area contributed by atoms with Gasteiger partial charge in [0.05, 0.1) is 11.3 Å². The van der Waals surface area contributed by atoms with Crippen LogP contribution in [0.25, 0.3) is 0 Å². The lowest BCUT2D eigenvalue weighted by atomic mass is 9.90. The van der Waals surface area contributed by atoms with Crippen molar-refractivity contribution in [3.05, 3.63) is 52.3 Å². The van der Waals surface area contributed by atoms with Gasteiger partial charge in [-0.1, -0.05) is 37.6 Å². The van der Waals surface area contributed by atoms with Crippen molar-refractivity contribution in [2.24, 2.45) is 11.7 Å². The van der Waals surface area contributed by atoms with E-state index in [4.69, 9.17) is 17.3 Å². The van der Waals surface area contributed by atoms with Crippen molar-refractivity contribution in [2.45, 2.75) is 39.7 Å². The average molecular weight is 320 g/mol. The van der Waals surface area contributed by atoms with E-state index in [1.54, 1.807) is 13.1 Å². The number of primary amides is 1. The molecule has 0 saturated carbocycles. The molecular weight excluding hydrogens is 298 g/mol. The Labute approximate surface area is 136 Å². The Kier molecular flexibility index (Phi) is 5.24. The van der Waals surface area contributed by atoms with Gasteiger partial charge in [-0.2, -0.15) is 5.10 Å². The first kappa shape index (κ1) is 16.6. The summed E-state index contributed by atoms with van der Waals surface area (Å²) in [4.78, 5) is 11.4. The SMILES string of the molecule is Cc1nn(CC(CC(C)C)c2ccc(Cl)cc2)cc1C(N)=O. The second kappa shape index (κ2) is 6.97. The van der Waals surface area contributed by atoms with Crippen molar-refractivity contribution in [1.82, 2.24) is 9.78 Å². The maximum atomic E-state index is 11.4. The van der Waals surface area contributed by atoms with E-state index in [9.17, 15) is 4.79 Å². The van der Waals surface area contributed by atoms with Crippen LogP contribution in [0.15, 0.2) is 30.5 Å². The summed E-state index contributed by atoms with van der Waals surface area (Å²) in [5.74, 6) is 0.445. The highest BCUT2D eigenvalue weighted by atomic mass is 35.5. The first-order valence-electron chi connectivity index (χ1n) is 7.46. The zero-order valence-corrected chi connectivity index (χ0v) is 14.0. The van der Waals surface area contributed by atoms with Gasteiger partial charge in [0.2, 0.25) is 0 Å². The highest BCUT2D eigenvalue weighted by Gasteiger charge is 2.17. The molecule has 2 aromatic rings. The van der Waals surface area contributed by atoms with Crippen LogP contribution in [-0.4, -0.2) is 15.7 Å². The van der Waals surface area contributed by atoms with Crippen LogP contribution in [0.3, 0.4) is 0 Å². The Morgan fingerprint density at radius 2 is 1.95 bits per heavy atom. The molecule has 0 aliphatic heterocycles. The third-order valence-corrected chi connectivity index (χ3v) is 3.97. The van der Waals surface area contributed by atoms with E-state index >= 15 is 0 Å². The summed E-state index contributed by atoms with van der Waals surface area (Å²) in [6.45, 7) is 6.92. The Hall–Kier alpha value is -1.81. The molecule has 0 saturated heterocycles. The van der Waals surface area contributed by atoms with Gasteiger partial charge in [0, 0.05) is 23.7 Å². The number of carbonyl (C=O) groups is 1. The molecule has 2 rings (SSSR count). The van der Waals surface area contributed by atoms with Crippen molar-refractivity contribution in [2.75, 3.05) is 0 Å². The van der Waals surface area contributed by atoms with Crippen LogP contribution in [0.4, 0.5) is 0 Å². The molecule has 4 nitrogen and oxygen atoms in total. The summed E-state index contributed by atoms with van der Waals surface area (Å²) < 4.78 is 1.82. The second-order valence-electron chi connectivity index (χ2n) is 6.09. The van der Waals surface area contributed by atoms with E-state index in [0.717, 1.165) is 11.4 Å². The van der Waals surface area contributed by atoms with Crippen LogP contribution in [0.2, 0.25) is 5.02 Å². The number of aromatic nitrogens is 2. The van der Waals surface area contributed by atoms with Crippen molar-refractivity contribution < 1.29 is 4.79 Å². The Bertz CT molecular complexity index is 646. The molecule has 0 radical (unpaired) electrons. The highest BCUT2D eigenvalue weighted by Crippen LogP contribution is 2.27. The zero-order valence-electron chi connectivity index (χ0n) is 13.2. The van der Waals surface area contributed by atoms with Gasteiger partial charge in [-0.25, -0.2) is 0 Å². The van der Waals surface area contributed by atoms with Gasteiger partial charge in [-0.05, 0) is 37.0 Å². The van der Waals surface area contributed by atoms with Crippen LogP contribution >= 0.6 is 11.6 Å². The van der Waals surface area contributed by atoms with Crippen LogP contribution in [0.5, 0.6) is 0 Å². The molecule has 0 spiro atoms. The van der Waals surface area contributed by atoms with Crippen LogP contribution in [0.1, 0.15) is 47.8 Å². The number of benzene rings is 1. The van der Waals surface area contributed by atoms with Gasteiger partial charge in [0.25, 0.3) is 5.91 Å². The lowest BCUT2D eigenvalue weighted by Crippen LogP contribution is -2.13. The third kappa shape index (κ3) is 4.10. The van der Waals surface area contributed by atoms with E-state index < -0.39 is 5.91 Å². The second-order valence-corrected chi connectivity index (χ2v) is 6.53. The van der Waals surface area contributed by atoms with Gasteiger partial charge >= 0.3 is 0 Å². The number of nitrogens with two attached hydrogens (primary N) is 1. The Balaban J connectivity index is 2.25. The van der Waals surface area contributed by atoms with E-state index in [-0.39, 0.29) is 0 Å². The molecule has 1 heterocycles. The number of aryl methyl sites for hydroxylation is 1. The lowest BCUT2D eigenvalue weighted by Gasteiger charge is -2.19. The van der Waals surface area contributed by atoms with E-state index in [0.29, 0.717) is 29.6 Å². The molecule has 1 amide bonds. The fraction of sp³-hybridized carbons (Fsp3) is 0.412. The van der Waals surface area contributed by atoms with Gasteiger partial charge < -0.3 is 5.73 Å². The Morgan fingerprint density at radius 3 is 2.45 bits per heavy atom. The van der Waals surface area contributed by atoms with Crippen LogP contribution < -0.4 is 5.73 Å². The summed E-state index contributed by atoms with van der Waals surface area (Å²) in [7, 11) is 0. The van der Waals surface area contributed by atoms with Gasteiger partial charge in [0.1, 0.15) is 0 Å². The molecular formula is C17H22ClN3O. The first-order valence-corrected chi connectivity index (χ1v) is 7.84. The topological polar surface area (TPSA) is 60.9 Å². The predicted octanol–water partition coefficient (Wildman–Crippen LogP) is 3.77. The average Bonchev–Trinajstić information content (AvgIpc) is 2.79. The summed E-state index contributed by atoms with van der Waals surface area (Å²) in [5, 5.41) is 5.15. The van der Waals surface area contributed by atoms with Gasteiger partial charge in [-0.15, -0.1) is 0 Å². The summed E-state index contributed by atoms with van der Waals surface area (Å²) in [6, 6.07) is 7.93. The number of amides is 1. The molecule has 1 unspecified atom stereocenters. The maximum Gasteiger partial charge on any atom is 0.252 e. The highest BCUT2D eigenvalue weighted by molar-refractivity contribution is 6.30. The fourth-order valence-corrected chi connectivity index (χ4v) is 2.83. The summed E-state index contributed by atoms with van der Waals surface area (Å²) in [5.41, 5.74) is 7.75. The van der Waals surface area contributed by atoms with Crippen molar-refractivity contribution in [3.8, 4) is 0 Å². The van der Waals surface area contributed by atoms with Crippen molar-refractivity contribution in [3.63, 3.8) is 0 Å². The first-order chi connectivity index (χ1) is 10.4. The van der Waals surface area contributed by atoms with E-state index in [1.807, 2.05) is 16.8 Å². The normalized spacial score (nSPS) is 12.6. The van der Waals surface area contributed by atoms with Crippen molar-refractivity contribution >= 4 is 17.5 Å². The minimum absolute atomic E-state index is 0.317. The van der Waals surface area contributed by atoms with E-state index in [1.165, 1.54) is 5.56 Å². The molecule has 1 aromatic heterocycles. The molecule has 0 aliphatic rings. The molecule has 0 bridgehead atoms. The Morgan fingerprint density at radius 1 is 1.32 bits per heavy atom. The molecule has 5 heteroatoms. The molecule has 0 aliphatic carbocycles. The van der Waals surface area contributed by atoms with Gasteiger partial charge in [-0.3, -0.25) is 9.48 Å². The number of halogens is 1. The lowest BCUT2D eigenvalue weighted by molar-refractivity contribution is 0.0999. The van der Waals surface area contributed by atoms with Gasteiger partial charge in [0.15, 0.2) is 0 Å². The fourth-order valence-electron chi connectivity index (χ4n) is 2.70. The number of rotatable bonds is 6. The molecule has 118 valence electrons. The molecule has 2 N–H and O–H groups in total. The summed E-state index contributed by atoms with van der Waals surface area (Å²) >= 11 is 5.97. The zero-order chi connectivity index (χ0) is 16.3. The monoisotopic (exact) mass is 319 g/mol. The molecule has 1 aromatic carbocycles. The standard InChI is InChI=1S/C17H22ClN3O/c1-11(2)8-14(13-4-6-15(18)7-5-13)9-21-10-16(17(19)22)12(3)20-21/h4-7,10-11,14H,8-9H2,1-3H3,(H2,19,22). The van der Waals surface area contributed by atoms with Crippen LogP contribution in [-0.2, 0) is 6.54 Å². The predicted molar refractivity (Wildman–Crippen MR) is 89.1 cm³/mol. The van der Waals surface area contributed by atoms with Crippen molar-refractivity contribution in [1.29, 1.82) is 0 Å². The molecule has 1 atom stereocenters. The largest absolute Gasteiger partial charge is 0.365 e. The third-order valence-electron chi connectivity index (χ3n) is 3.72. The molecule has 22 heavy (non-hydrogen) atoms. The quantitative estimate of drug-likeness (QED) is 0.881. The molecule has 0 fully saturated rings. The number of hydrogen-bond acceptors (Lipinski definition) is 2. The minimum Gasteiger partial charge on any atom is -0.365 e.